The minimum absolute atomic E-state index is 0.217. The molecule has 0 aromatic heterocycles. The Hall–Kier alpha value is -0.650. The van der Waals surface area contributed by atoms with Crippen molar-refractivity contribution in [3.63, 3.8) is 0 Å². The molecule has 2 atom stereocenters. The van der Waals surface area contributed by atoms with Crippen LogP contribution in [-0.4, -0.2) is 74.6 Å². The van der Waals surface area contributed by atoms with E-state index < -0.39 is 0 Å². The molecule has 0 aliphatic carbocycles. The molecular weight excluding hydrogens is 252 g/mol. The van der Waals surface area contributed by atoms with Crippen molar-refractivity contribution < 1.29 is 4.79 Å². The van der Waals surface area contributed by atoms with Crippen molar-refractivity contribution in [1.82, 2.24) is 20.4 Å². The molecule has 116 valence electrons. The standard InChI is InChI=1S/C15H30N4O/c1-13-12-14(4-6-16-13)15(20)17-5-3-7-19-10-8-18(2)9-11-19/h13-14,16H,3-12H2,1-2H3,(H,17,20). The number of likely N-dealkylation sites (N-methyl/N-ethyl adjacent to an activating group) is 1. The smallest absolute Gasteiger partial charge is 0.223 e. The van der Waals surface area contributed by atoms with E-state index in [1.807, 2.05) is 0 Å². The highest BCUT2D eigenvalue weighted by molar-refractivity contribution is 5.78. The average molecular weight is 282 g/mol. The van der Waals surface area contributed by atoms with Crippen molar-refractivity contribution in [2.75, 3.05) is 52.9 Å². The summed E-state index contributed by atoms with van der Waals surface area (Å²) in [5.74, 6) is 0.478. The van der Waals surface area contributed by atoms with Crippen LogP contribution in [0.2, 0.25) is 0 Å². The summed E-state index contributed by atoms with van der Waals surface area (Å²) in [5.41, 5.74) is 0. The van der Waals surface area contributed by atoms with Gasteiger partial charge in [-0.15, -0.1) is 0 Å². The fourth-order valence-electron chi connectivity index (χ4n) is 3.10. The number of nitrogens with one attached hydrogen (secondary N) is 2. The van der Waals surface area contributed by atoms with Crippen LogP contribution >= 0.6 is 0 Å². The summed E-state index contributed by atoms with van der Waals surface area (Å²) in [6.07, 6.45) is 3.02. The Kier molecular flexibility index (Phi) is 6.26. The predicted octanol–water partition coefficient (Wildman–Crippen LogP) is 0.128. The summed E-state index contributed by atoms with van der Waals surface area (Å²) in [6.45, 7) is 9.72. The lowest BCUT2D eigenvalue weighted by atomic mass is 9.92. The third kappa shape index (κ3) is 5.04. The van der Waals surface area contributed by atoms with Gasteiger partial charge in [0.05, 0.1) is 0 Å². The highest BCUT2D eigenvalue weighted by Gasteiger charge is 2.24. The molecule has 20 heavy (non-hydrogen) atoms. The van der Waals surface area contributed by atoms with Crippen LogP contribution in [0.5, 0.6) is 0 Å². The van der Waals surface area contributed by atoms with Crippen molar-refractivity contribution in [3.8, 4) is 0 Å². The van der Waals surface area contributed by atoms with E-state index in [2.05, 4.69) is 34.4 Å². The Morgan fingerprint density at radius 1 is 1.30 bits per heavy atom. The second-order valence-corrected chi connectivity index (χ2v) is 6.37. The molecule has 2 rings (SSSR count). The molecule has 0 aromatic carbocycles. The molecule has 2 saturated heterocycles. The minimum atomic E-state index is 0.217. The zero-order valence-corrected chi connectivity index (χ0v) is 13.0. The molecule has 2 aliphatic rings. The van der Waals surface area contributed by atoms with Gasteiger partial charge in [0.15, 0.2) is 0 Å². The van der Waals surface area contributed by atoms with Crippen LogP contribution < -0.4 is 10.6 Å². The van der Waals surface area contributed by atoms with E-state index in [9.17, 15) is 4.79 Å². The lowest BCUT2D eigenvalue weighted by Crippen LogP contribution is -2.45. The number of piperidine rings is 1. The predicted molar refractivity (Wildman–Crippen MR) is 81.8 cm³/mol. The summed E-state index contributed by atoms with van der Waals surface area (Å²) >= 11 is 0. The van der Waals surface area contributed by atoms with Crippen molar-refractivity contribution in [2.45, 2.75) is 32.2 Å². The molecule has 5 nitrogen and oxygen atoms in total. The molecular formula is C15H30N4O. The van der Waals surface area contributed by atoms with Gasteiger partial charge in [0.25, 0.3) is 0 Å². The SMILES string of the molecule is CC1CC(C(=O)NCCCN2CCN(C)CC2)CCN1. The molecule has 2 unspecified atom stereocenters. The number of hydrogen-bond acceptors (Lipinski definition) is 4. The molecule has 0 aromatic rings. The van der Waals surface area contributed by atoms with Crippen molar-refractivity contribution in [3.05, 3.63) is 0 Å². The van der Waals surface area contributed by atoms with Crippen LogP contribution in [0.15, 0.2) is 0 Å². The van der Waals surface area contributed by atoms with Gasteiger partial charge >= 0.3 is 0 Å². The minimum Gasteiger partial charge on any atom is -0.356 e. The average Bonchev–Trinajstić information content (AvgIpc) is 2.45. The van der Waals surface area contributed by atoms with Gasteiger partial charge in [-0.3, -0.25) is 4.79 Å². The number of hydrogen-bond donors (Lipinski definition) is 2. The maximum absolute atomic E-state index is 12.1. The topological polar surface area (TPSA) is 47.6 Å². The van der Waals surface area contributed by atoms with Gasteiger partial charge in [0, 0.05) is 44.7 Å². The molecule has 2 aliphatic heterocycles. The molecule has 0 saturated carbocycles. The highest BCUT2D eigenvalue weighted by atomic mass is 16.1. The Morgan fingerprint density at radius 2 is 2.05 bits per heavy atom. The molecule has 2 N–H and O–H groups in total. The zero-order chi connectivity index (χ0) is 14.4. The second kappa shape index (κ2) is 7.96. The van der Waals surface area contributed by atoms with E-state index in [-0.39, 0.29) is 11.8 Å². The number of carbonyl (C=O) groups excluding carboxylic acids is 1. The molecule has 0 spiro atoms. The molecule has 0 radical (unpaired) electrons. The van der Waals surface area contributed by atoms with Gasteiger partial charge in [-0.1, -0.05) is 0 Å². The van der Waals surface area contributed by atoms with Crippen molar-refractivity contribution in [1.29, 1.82) is 0 Å². The Labute approximate surface area is 123 Å². The van der Waals surface area contributed by atoms with Gasteiger partial charge < -0.3 is 20.4 Å². The Morgan fingerprint density at radius 3 is 2.75 bits per heavy atom. The number of piperazine rings is 1. The maximum atomic E-state index is 12.1. The van der Waals surface area contributed by atoms with Crippen LogP contribution in [0, 0.1) is 5.92 Å². The van der Waals surface area contributed by atoms with Crippen LogP contribution in [0.3, 0.4) is 0 Å². The first kappa shape index (κ1) is 15.7. The summed E-state index contributed by atoms with van der Waals surface area (Å²) < 4.78 is 0. The van der Waals surface area contributed by atoms with Crippen LogP contribution in [0.1, 0.15) is 26.2 Å². The third-order valence-electron chi connectivity index (χ3n) is 4.54. The number of carbonyl (C=O) groups is 1. The van der Waals surface area contributed by atoms with E-state index in [0.29, 0.717) is 6.04 Å². The summed E-state index contributed by atoms with van der Waals surface area (Å²) in [4.78, 5) is 16.9. The van der Waals surface area contributed by atoms with Crippen LogP contribution in [-0.2, 0) is 4.79 Å². The number of amides is 1. The third-order valence-corrected chi connectivity index (χ3v) is 4.54. The van der Waals surface area contributed by atoms with Crippen molar-refractivity contribution in [2.24, 2.45) is 5.92 Å². The fourth-order valence-corrected chi connectivity index (χ4v) is 3.10. The normalized spacial score (nSPS) is 29.3. The lowest BCUT2D eigenvalue weighted by molar-refractivity contribution is -0.126. The highest BCUT2D eigenvalue weighted by Crippen LogP contribution is 2.15. The van der Waals surface area contributed by atoms with Gasteiger partial charge in [-0.05, 0) is 46.3 Å². The molecule has 5 heteroatoms. The first-order chi connectivity index (χ1) is 9.65. The largest absolute Gasteiger partial charge is 0.356 e. The van der Waals surface area contributed by atoms with Gasteiger partial charge in [0.2, 0.25) is 5.91 Å². The van der Waals surface area contributed by atoms with E-state index >= 15 is 0 Å². The van der Waals surface area contributed by atoms with Gasteiger partial charge in [-0.2, -0.15) is 0 Å². The summed E-state index contributed by atoms with van der Waals surface area (Å²) in [7, 11) is 2.18. The first-order valence-corrected chi connectivity index (χ1v) is 8.07. The Balaban J connectivity index is 1.55. The monoisotopic (exact) mass is 282 g/mol. The summed E-state index contributed by atoms with van der Waals surface area (Å²) in [5, 5.41) is 6.51. The van der Waals surface area contributed by atoms with Crippen LogP contribution in [0.4, 0.5) is 0 Å². The van der Waals surface area contributed by atoms with Gasteiger partial charge in [0.1, 0.15) is 0 Å². The van der Waals surface area contributed by atoms with Gasteiger partial charge in [-0.25, -0.2) is 0 Å². The zero-order valence-electron chi connectivity index (χ0n) is 13.0. The molecule has 1 amide bonds. The van der Waals surface area contributed by atoms with Crippen LogP contribution in [0.25, 0.3) is 0 Å². The second-order valence-electron chi connectivity index (χ2n) is 6.37. The molecule has 0 bridgehead atoms. The first-order valence-electron chi connectivity index (χ1n) is 8.07. The summed E-state index contributed by atoms with van der Waals surface area (Å²) in [6, 6.07) is 0.477. The van der Waals surface area contributed by atoms with Crippen molar-refractivity contribution >= 4 is 5.91 Å². The fraction of sp³-hybridized carbons (Fsp3) is 0.933. The number of rotatable bonds is 5. The molecule has 2 fully saturated rings. The van der Waals surface area contributed by atoms with E-state index in [1.54, 1.807) is 0 Å². The quantitative estimate of drug-likeness (QED) is 0.704. The van der Waals surface area contributed by atoms with E-state index in [4.69, 9.17) is 0 Å². The lowest BCUT2D eigenvalue weighted by Gasteiger charge is -2.32. The number of nitrogens with zero attached hydrogens (tertiary/aromatic N) is 2. The Bertz CT molecular complexity index is 302. The maximum Gasteiger partial charge on any atom is 0.223 e. The molecule has 2 heterocycles. The van der Waals surface area contributed by atoms with E-state index in [0.717, 1.165) is 52.0 Å². The van der Waals surface area contributed by atoms with E-state index in [1.165, 1.54) is 13.1 Å².